The Labute approximate surface area is 81.9 Å². The minimum Gasteiger partial charge on any atom is -0.314 e. The van der Waals surface area contributed by atoms with Crippen LogP contribution in [0, 0.1) is 5.41 Å². The lowest BCUT2D eigenvalue weighted by atomic mass is 9.92. The molecule has 13 heavy (non-hydrogen) atoms. The van der Waals surface area contributed by atoms with E-state index in [1.807, 2.05) is 0 Å². The molecule has 1 fully saturated rings. The van der Waals surface area contributed by atoms with E-state index in [2.05, 4.69) is 43.5 Å². The van der Waals surface area contributed by atoms with Crippen molar-refractivity contribution in [1.82, 2.24) is 15.5 Å². The van der Waals surface area contributed by atoms with Gasteiger partial charge in [0, 0.05) is 32.2 Å². The van der Waals surface area contributed by atoms with Crippen LogP contribution in [0.1, 0.15) is 13.8 Å². The molecule has 1 aliphatic rings. The Morgan fingerprint density at radius 2 is 2.00 bits per heavy atom. The second kappa shape index (κ2) is 4.40. The van der Waals surface area contributed by atoms with Crippen molar-refractivity contribution in [3.05, 3.63) is 0 Å². The minimum absolute atomic E-state index is 0.374. The first-order valence-electron chi connectivity index (χ1n) is 5.08. The number of nitrogens with zero attached hydrogens (tertiary/aromatic N) is 1. The van der Waals surface area contributed by atoms with E-state index in [9.17, 15) is 0 Å². The van der Waals surface area contributed by atoms with Crippen LogP contribution in [0.3, 0.4) is 0 Å². The van der Waals surface area contributed by atoms with Crippen molar-refractivity contribution in [1.29, 1.82) is 0 Å². The minimum atomic E-state index is 0.374. The van der Waals surface area contributed by atoms with Crippen molar-refractivity contribution in [3.63, 3.8) is 0 Å². The van der Waals surface area contributed by atoms with Crippen LogP contribution in [0.2, 0.25) is 0 Å². The summed E-state index contributed by atoms with van der Waals surface area (Å²) in [4.78, 5) is 2.25. The lowest BCUT2D eigenvalue weighted by molar-refractivity contribution is 0.214. The first-order valence-corrected chi connectivity index (χ1v) is 5.08. The Bertz CT molecular complexity index is 150. The number of nitrogens with one attached hydrogen (secondary N) is 2. The quantitative estimate of drug-likeness (QED) is 0.638. The molecule has 0 aliphatic carbocycles. The zero-order valence-electron chi connectivity index (χ0n) is 9.35. The molecule has 1 saturated heterocycles. The van der Waals surface area contributed by atoms with E-state index in [-0.39, 0.29) is 0 Å². The monoisotopic (exact) mass is 185 g/mol. The van der Waals surface area contributed by atoms with Gasteiger partial charge >= 0.3 is 0 Å². The van der Waals surface area contributed by atoms with Crippen LogP contribution in [0.15, 0.2) is 0 Å². The van der Waals surface area contributed by atoms with Gasteiger partial charge in [-0.15, -0.1) is 0 Å². The van der Waals surface area contributed by atoms with Crippen molar-refractivity contribution >= 4 is 0 Å². The Hall–Kier alpha value is -0.120. The topological polar surface area (TPSA) is 27.3 Å². The van der Waals surface area contributed by atoms with Gasteiger partial charge in [0.15, 0.2) is 0 Å². The summed E-state index contributed by atoms with van der Waals surface area (Å²) >= 11 is 0. The van der Waals surface area contributed by atoms with Crippen molar-refractivity contribution in [2.75, 3.05) is 40.3 Å². The van der Waals surface area contributed by atoms with Crippen LogP contribution in [0.4, 0.5) is 0 Å². The van der Waals surface area contributed by atoms with Crippen LogP contribution in [-0.2, 0) is 0 Å². The highest BCUT2D eigenvalue weighted by molar-refractivity contribution is 4.84. The summed E-state index contributed by atoms with van der Waals surface area (Å²) < 4.78 is 0. The molecule has 0 unspecified atom stereocenters. The van der Waals surface area contributed by atoms with E-state index in [1.165, 1.54) is 0 Å². The van der Waals surface area contributed by atoms with Gasteiger partial charge in [-0.2, -0.15) is 0 Å². The third-order valence-electron chi connectivity index (χ3n) is 2.40. The third-order valence-corrected chi connectivity index (χ3v) is 2.40. The predicted octanol–water partition coefficient (Wildman–Crippen LogP) is 0.136. The van der Waals surface area contributed by atoms with Gasteiger partial charge < -0.3 is 15.5 Å². The fourth-order valence-electron chi connectivity index (χ4n) is 1.77. The Kier molecular flexibility index (Phi) is 3.71. The molecule has 0 radical (unpaired) electrons. The van der Waals surface area contributed by atoms with Crippen molar-refractivity contribution in [2.45, 2.75) is 19.9 Å². The summed E-state index contributed by atoms with van der Waals surface area (Å²) in [5.74, 6) is 0. The molecule has 0 saturated carbocycles. The van der Waals surface area contributed by atoms with Crippen LogP contribution >= 0.6 is 0 Å². The standard InChI is InChI=1S/C10H23N3/c1-10(2,8-13(3)4)7-12-9-5-11-6-9/h9,11-12H,5-8H2,1-4H3. The number of hydrogen-bond donors (Lipinski definition) is 2. The second-order valence-electron chi connectivity index (χ2n) is 5.14. The molecular weight excluding hydrogens is 162 g/mol. The molecule has 0 spiro atoms. The highest BCUT2D eigenvalue weighted by Crippen LogP contribution is 2.14. The molecule has 3 nitrogen and oxygen atoms in total. The van der Waals surface area contributed by atoms with Crippen LogP contribution in [0.25, 0.3) is 0 Å². The Morgan fingerprint density at radius 3 is 2.38 bits per heavy atom. The fourth-order valence-corrected chi connectivity index (χ4v) is 1.77. The van der Waals surface area contributed by atoms with E-state index in [1.54, 1.807) is 0 Å². The smallest absolute Gasteiger partial charge is 0.0317 e. The summed E-state index contributed by atoms with van der Waals surface area (Å²) in [5.41, 5.74) is 0.374. The molecule has 1 aliphatic heterocycles. The SMILES string of the molecule is CN(C)CC(C)(C)CNC1CNC1. The van der Waals surface area contributed by atoms with E-state index in [4.69, 9.17) is 0 Å². The van der Waals surface area contributed by atoms with Crippen molar-refractivity contribution in [2.24, 2.45) is 5.41 Å². The fraction of sp³-hybridized carbons (Fsp3) is 1.00. The average Bonchev–Trinajstić information content (AvgIpc) is 1.79. The summed E-state index contributed by atoms with van der Waals surface area (Å²) in [6.45, 7) is 9.14. The molecule has 3 heteroatoms. The third kappa shape index (κ3) is 4.07. The summed E-state index contributed by atoms with van der Waals surface area (Å²) in [5, 5.41) is 6.84. The molecule has 1 heterocycles. The van der Waals surface area contributed by atoms with E-state index in [0.717, 1.165) is 26.2 Å². The number of hydrogen-bond acceptors (Lipinski definition) is 3. The molecule has 0 atom stereocenters. The molecule has 0 aromatic rings. The number of rotatable bonds is 5. The normalized spacial score (nSPS) is 19.2. The molecule has 0 aromatic heterocycles. The lowest BCUT2D eigenvalue weighted by Crippen LogP contribution is -2.57. The van der Waals surface area contributed by atoms with Crippen LogP contribution < -0.4 is 10.6 Å². The van der Waals surface area contributed by atoms with Crippen LogP contribution in [0.5, 0.6) is 0 Å². The van der Waals surface area contributed by atoms with Crippen LogP contribution in [-0.4, -0.2) is 51.2 Å². The lowest BCUT2D eigenvalue weighted by Gasteiger charge is -2.34. The highest BCUT2D eigenvalue weighted by Gasteiger charge is 2.22. The van der Waals surface area contributed by atoms with E-state index < -0.39 is 0 Å². The molecular formula is C10H23N3. The maximum Gasteiger partial charge on any atom is 0.0317 e. The second-order valence-corrected chi connectivity index (χ2v) is 5.14. The van der Waals surface area contributed by atoms with Gasteiger partial charge in [-0.1, -0.05) is 13.8 Å². The Morgan fingerprint density at radius 1 is 1.38 bits per heavy atom. The van der Waals surface area contributed by atoms with E-state index >= 15 is 0 Å². The first kappa shape index (κ1) is 11.0. The van der Waals surface area contributed by atoms with Gasteiger partial charge in [0.05, 0.1) is 0 Å². The highest BCUT2D eigenvalue weighted by atomic mass is 15.1. The van der Waals surface area contributed by atoms with E-state index in [0.29, 0.717) is 11.5 Å². The molecule has 78 valence electrons. The average molecular weight is 185 g/mol. The van der Waals surface area contributed by atoms with Crippen molar-refractivity contribution in [3.8, 4) is 0 Å². The largest absolute Gasteiger partial charge is 0.314 e. The summed E-state index contributed by atoms with van der Waals surface area (Å²) in [6.07, 6.45) is 0. The first-order chi connectivity index (χ1) is 5.99. The summed E-state index contributed by atoms with van der Waals surface area (Å²) in [6, 6.07) is 0.710. The zero-order chi connectivity index (χ0) is 9.90. The van der Waals surface area contributed by atoms with Gasteiger partial charge in [0.2, 0.25) is 0 Å². The van der Waals surface area contributed by atoms with Gasteiger partial charge in [-0.05, 0) is 19.5 Å². The van der Waals surface area contributed by atoms with Gasteiger partial charge in [-0.3, -0.25) is 0 Å². The molecule has 0 amide bonds. The zero-order valence-corrected chi connectivity index (χ0v) is 9.35. The maximum atomic E-state index is 3.58. The molecule has 0 bridgehead atoms. The molecule has 1 rings (SSSR count). The molecule has 0 aromatic carbocycles. The van der Waals surface area contributed by atoms with Crippen molar-refractivity contribution < 1.29 is 0 Å². The van der Waals surface area contributed by atoms with Gasteiger partial charge in [0.25, 0.3) is 0 Å². The van der Waals surface area contributed by atoms with Gasteiger partial charge in [-0.25, -0.2) is 0 Å². The predicted molar refractivity (Wildman–Crippen MR) is 57.0 cm³/mol. The Balaban J connectivity index is 2.16. The van der Waals surface area contributed by atoms with Gasteiger partial charge in [0.1, 0.15) is 0 Å². The summed E-state index contributed by atoms with van der Waals surface area (Å²) in [7, 11) is 4.26. The maximum absolute atomic E-state index is 3.58. The molecule has 2 N–H and O–H groups in total.